The van der Waals surface area contributed by atoms with E-state index in [1.54, 1.807) is 12.1 Å². The van der Waals surface area contributed by atoms with Crippen molar-refractivity contribution in [3.8, 4) is 5.75 Å². The zero-order valence-corrected chi connectivity index (χ0v) is 15.6. The van der Waals surface area contributed by atoms with Crippen LogP contribution in [-0.4, -0.2) is 11.9 Å². The van der Waals surface area contributed by atoms with Crippen LogP contribution >= 0.6 is 0 Å². The highest BCUT2D eigenvalue weighted by Crippen LogP contribution is 2.60. The highest BCUT2D eigenvalue weighted by molar-refractivity contribution is 5.95. The zero-order valence-electron chi connectivity index (χ0n) is 15.6. The van der Waals surface area contributed by atoms with Crippen LogP contribution in [0.4, 0.5) is 5.69 Å². The Morgan fingerprint density at radius 3 is 2.15 bits per heavy atom. The largest absolute Gasteiger partial charge is 0.427 e. The second-order valence-corrected chi connectivity index (χ2v) is 8.75. The van der Waals surface area contributed by atoms with Crippen LogP contribution in [0.1, 0.15) is 64.7 Å². The van der Waals surface area contributed by atoms with Gasteiger partial charge in [0.2, 0.25) is 5.91 Å². The first-order valence-electron chi connectivity index (χ1n) is 10.2. The first-order chi connectivity index (χ1) is 12.6. The quantitative estimate of drug-likeness (QED) is 0.581. The van der Waals surface area contributed by atoms with E-state index in [1.165, 1.54) is 19.3 Å². The molecule has 140 valence electrons. The van der Waals surface area contributed by atoms with Crippen molar-refractivity contribution in [3.63, 3.8) is 0 Å². The van der Waals surface area contributed by atoms with Gasteiger partial charge in [-0.05, 0) is 87.0 Å². The number of nitrogens with one attached hydrogen (secondary N) is 1. The predicted molar refractivity (Wildman–Crippen MR) is 101 cm³/mol. The molecule has 1 aromatic carbocycles. The van der Waals surface area contributed by atoms with Crippen molar-refractivity contribution in [3.05, 3.63) is 24.3 Å². The van der Waals surface area contributed by atoms with Crippen LogP contribution in [0.25, 0.3) is 0 Å². The third-order valence-electron chi connectivity index (χ3n) is 6.60. The van der Waals surface area contributed by atoms with Gasteiger partial charge in [0.05, 0.1) is 5.41 Å². The van der Waals surface area contributed by atoms with Gasteiger partial charge in [-0.2, -0.15) is 0 Å². The highest BCUT2D eigenvalue weighted by Gasteiger charge is 2.54. The van der Waals surface area contributed by atoms with Gasteiger partial charge >= 0.3 is 5.97 Å². The molecule has 4 aliphatic rings. The van der Waals surface area contributed by atoms with E-state index >= 15 is 0 Å². The Bertz CT molecular complexity index is 644. The molecule has 26 heavy (non-hydrogen) atoms. The molecular weight excluding hydrogens is 326 g/mol. The molecule has 4 saturated carbocycles. The molecule has 1 amide bonds. The number of hydrogen-bond acceptors (Lipinski definition) is 3. The number of amides is 1. The van der Waals surface area contributed by atoms with Crippen LogP contribution in [-0.2, 0) is 9.59 Å². The van der Waals surface area contributed by atoms with Crippen LogP contribution < -0.4 is 10.1 Å². The van der Waals surface area contributed by atoms with Crippen LogP contribution in [0.5, 0.6) is 5.75 Å². The van der Waals surface area contributed by atoms with Crippen LogP contribution in [0, 0.1) is 23.2 Å². The lowest BCUT2D eigenvalue weighted by Crippen LogP contribution is -2.51. The predicted octanol–water partition coefficient (Wildman–Crippen LogP) is 4.94. The molecule has 1 aromatic rings. The Kier molecular flexibility index (Phi) is 4.76. The molecule has 1 N–H and O–H groups in total. The normalized spacial score (nSPS) is 31.7. The number of ether oxygens (including phenoxy) is 1. The smallest absolute Gasteiger partial charge is 0.311 e. The first-order valence-corrected chi connectivity index (χ1v) is 10.2. The third kappa shape index (κ3) is 3.51. The summed E-state index contributed by atoms with van der Waals surface area (Å²) in [6.45, 7) is 2.05. The fourth-order valence-corrected chi connectivity index (χ4v) is 5.76. The summed E-state index contributed by atoms with van der Waals surface area (Å²) in [4.78, 5) is 24.8. The van der Waals surface area contributed by atoms with Crippen molar-refractivity contribution in [1.82, 2.24) is 0 Å². The number of esters is 1. The van der Waals surface area contributed by atoms with E-state index in [2.05, 4.69) is 12.2 Å². The second-order valence-electron chi connectivity index (χ2n) is 8.75. The molecule has 4 bridgehead atoms. The summed E-state index contributed by atoms with van der Waals surface area (Å²) >= 11 is 0. The lowest BCUT2D eigenvalue weighted by atomic mass is 9.49. The minimum absolute atomic E-state index is 0.139. The summed E-state index contributed by atoms with van der Waals surface area (Å²) in [5.41, 5.74) is 0.652. The Labute approximate surface area is 155 Å². The average Bonchev–Trinajstić information content (AvgIpc) is 2.60. The molecule has 0 saturated heterocycles. The topological polar surface area (TPSA) is 55.4 Å². The molecule has 0 atom stereocenters. The van der Waals surface area contributed by atoms with Gasteiger partial charge in [0, 0.05) is 12.1 Å². The molecule has 0 radical (unpaired) electrons. The minimum Gasteiger partial charge on any atom is -0.427 e. The Morgan fingerprint density at radius 2 is 1.62 bits per heavy atom. The molecule has 0 spiro atoms. The van der Waals surface area contributed by atoms with Gasteiger partial charge in [-0.1, -0.05) is 13.3 Å². The van der Waals surface area contributed by atoms with Crippen molar-refractivity contribution in [2.24, 2.45) is 23.2 Å². The maximum absolute atomic E-state index is 13.1. The van der Waals surface area contributed by atoms with Crippen LogP contribution in [0.2, 0.25) is 0 Å². The van der Waals surface area contributed by atoms with Gasteiger partial charge in [0.1, 0.15) is 5.75 Å². The van der Waals surface area contributed by atoms with Crippen molar-refractivity contribution < 1.29 is 14.3 Å². The van der Waals surface area contributed by atoms with Gasteiger partial charge in [-0.3, -0.25) is 9.59 Å². The number of carbonyl (C=O) groups is 2. The molecule has 4 nitrogen and oxygen atoms in total. The Hall–Kier alpha value is -1.84. The highest BCUT2D eigenvalue weighted by atomic mass is 16.5. The van der Waals surface area contributed by atoms with Crippen molar-refractivity contribution in [2.75, 3.05) is 5.32 Å². The molecule has 4 heteroatoms. The second kappa shape index (κ2) is 7.05. The van der Waals surface area contributed by atoms with E-state index in [1.807, 2.05) is 12.1 Å². The van der Waals surface area contributed by atoms with Crippen molar-refractivity contribution >= 4 is 17.6 Å². The molecule has 0 heterocycles. The van der Waals surface area contributed by atoms with Crippen molar-refractivity contribution in [2.45, 2.75) is 64.7 Å². The van der Waals surface area contributed by atoms with E-state index in [-0.39, 0.29) is 17.3 Å². The monoisotopic (exact) mass is 355 g/mol. The third-order valence-corrected chi connectivity index (χ3v) is 6.60. The van der Waals surface area contributed by atoms with Gasteiger partial charge in [0.25, 0.3) is 0 Å². The molecule has 0 unspecified atom stereocenters. The molecule has 0 aromatic heterocycles. The van der Waals surface area contributed by atoms with Crippen LogP contribution in [0.3, 0.4) is 0 Å². The summed E-state index contributed by atoms with van der Waals surface area (Å²) in [5, 5.41) is 3.13. The fourth-order valence-electron chi connectivity index (χ4n) is 5.76. The number of anilines is 1. The lowest BCUT2D eigenvalue weighted by Gasteiger charge is -2.55. The summed E-state index contributed by atoms with van der Waals surface area (Å²) < 4.78 is 5.33. The van der Waals surface area contributed by atoms with Gasteiger partial charge < -0.3 is 10.1 Å². The molecule has 0 aliphatic heterocycles. The van der Waals surface area contributed by atoms with Gasteiger partial charge in [0.15, 0.2) is 0 Å². The Morgan fingerprint density at radius 1 is 1.04 bits per heavy atom. The molecule has 5 rings (SSSR count). The van der Waals surface area contributed by atoms with E-state index in [9.17, 15) is 9.59 Å². The zero-order chi connectivity index (χ0) is 18.1. The number of hydrogen-bond donors (Lipinski definition) is 1. The van der Waals surface area contributed by atoms with Crippen LogP contribution in [0.15, 0.2) is 24.3 Å². The fraction of sp³-hybridized carbons (Fsp3) is 0.636. The number of benzene rings is 1. The number of unbranched alkanes of at least 4 members (excludes halogenated alkanes) is 1. The first kappa shape index (κ1) is 17.6. The number of carbonyl (C=O) groups excluding carboxylic acids is 2. The van der Waals surface area contributed by atoms with Gasteiger partial charge in [-0.15, -0.1) is 0 Å². The summed E-state index contributed by atoms with van der Waals surface area (Å²) in [5.74, 6) is 2.83. The number of rotatable bonds is 6. The van der Waals surface area contributed by atoms with E-state index in [0.29, 0.717) is 12.2 Å². The molecule has 4 aliphatic carbocycles. The van der Waals surface area contributed by atoms with Gasteiger partial charge in [-0.25, -0.2) is 0 Å². The maximum Gasteiger partial charge on any atom is 0.311 e. The standard InChI is InChI=1S/C22H29NO3/c1-2-3-4-20(24)26-19-7-5-18(6-8-19)23-21(25)22-12-15-9-16(13-22)11-17(10-15)14-22/h5-8,15-17H,2-4,9-14H2,1H3,(H,23,25). The van der Waals surface area contributed by atoms with E-state index < -0.39 is 0 Å². The summed E-state index contributed by atoms with van der Waals surface area (Å²) in [6, 6.07) is 7.19. The van der Waals surface area contributed by atoms with E-state index in [0.717, 1.165) is 55.5 Å². The lowest BCUT2D eigenvalue weighted by molar-refractivity contribution is -0.140. The van der Waals surface area contributed by atoms with E-state index in [4.69, 9.17) is 4.74 Å². The average molecular weight is 355 g/mol. The summed E-state index contributed by atoms with van der Waals surface area (Å²) in [6.07, 6.45) is 9.48. The Balaban J connectivity index is 1.37. The molecular formula is C22H29NO3. The molecule has 4 fully saturated rings. The SMILES string of the molecule is CCCCC(=O)Oc1ccc(NC(=O)C23CC4CC(CC(C4)C2)C3)cc1. The summed E-state index contributed by atoms with van der Waals surface area (Å²) in [7, 11) is 0. The maximum atomic E-state index is 13.1. The van der Waals surface area contributed by atoms with Crippen molar-refractivity contribution in [1.29, 1.82) is 0 Å². The minimum atomic E-state index is -0.197.